The number of rotatable bonds is 1. The molecule has 0 saturated carbocycles. The quantitative estimate of drug-likeness (QED) is 0.679. The number of aldehydes is 1. The summed E-state index contributed by atoms with van der Waals surface area (Å²) in [7, 11) is 0. The Morgan fingerprint density at radius 3 is 2.25 bits per heavy atom. The summed E-state index contributed by atoms with van der Waals surface area (Å²) < 4.78 is 0. The van der Waals surface area contributed by atoms with Gasteiger partial charge in [-0.25, -0.2) is 4.98 Å². The van der Waals surface area contributed by atoms with Crippen molar-refractivity contribution < 1.29 is 4.79 Å². The topological polar surface area (TPSA) is 56.0 Å². The summed E-state index contributed by atoms with van der Waals surface area (Å²) in [6.07, 6.45) is 0.733. The summed E-state index contributed by atoms with van der Waals surface area (Å²) in [5.41, 5.74) is 7.50. The molecule has 3 nitrogen and oxygen atoms in total. The molecule has 0 amide bonds. The maximum Gasteiger partial charge on any atom is 0.169 e. The van der Waals surface area contributed by atoms with Gasteiger partial charge < -0.3 is 5.73 Å². The summed E-state index contributed by atoms with van der Waals surface area (Å²) in [5.74, 6) is 0. The normalized spacial score (nSPS) is 10.0. The smallest absolute Gasteiger partial charge is 0.169 e. The van der Waals surface area contributed by atoms with E-state index < -0.39 is 0 Å². The van der Waals surface area contributed by atoms with Crippen LogP contribution in [0.5, 0.6) is 0 Å². The Morgan fingerprint density at radius 2 is 2.08 bits per heavy atom. The Hall–Kier alpha value is -0.740. The minimum absolute atomic E-state index is 0. The van der Waals surface area contributed by atoms with Crippen LogP contribution in [0.4, 0.5) is 0 Å². The molecule has 0 fully saturated rings. The van der Waals surface area contributed by atoms with Gasteiger partial charge in [0.25, 0.3) is 0 Å². The lowest BCUT2D eigenvalue weighted by Gasteiger charge is -2.06. The molecule has 0 aromatic carbocycles. The number of hydrogen-bond acceptors (Lipinski definition) is 4. The van der Waals surface area contributed by atoms with Crippen LogP contribution in [0.2, 0.25) is 0 Å². The molecule has 1 aromatic heterocycles. The standard InChI is InChI=1S/C4H3NOS.C4H11N/c6-1-4-2-7-3-5-4;1-4(2,3)5/h1-3H;5H2,1-3H3. The zero-order valence-electron chi connectivity index (χ0n) is 7.57. The fraction of sp³-hybridized carbons (Fsp3) is 0.500. The van der Waals surface area contributed by atoms with Gasteiger partial charge in [-0.15, -0.1) is 11.3 Å². The SMILES string of the molecule is CC(C)(C)N.O=Cc1cscn1. The summed E-state index contributed by atoms with van der Waals surface area (Å²) in [5, 5.41) is 1.70. The molecule has 12 heavy (non-hydrogen) atoms. The van der Waals surface area contributed by atoms with Gasteiger partial charge in [-0.3, -0.25) is 4.79 Å². The van der Waals surface area contributed by atoms with Crippen molar-refractivity contribution in [3.8, 4) is 0 Å². The second kappa shape index (κ2) is 5.00. The van der Waals surface area contributed by atoms with Crippen molar-refractivity contribution >= 4 is 17.6 Å². The van der Waals surface area contributed by atoms with Crippen molar-refractivity contribution in [2.24, 2.45) is 5.73 Å². The monoisotopic (exact) mass is 186 g/mol. The average Bonchev–Trinajstić information content (AvgIpc) is 2.33. The molecule has 1 heterocycles. The van der Waals surface area contributed by atoms with Crippen LogP contribution in [0.3, 0.4) is 0 Å². The minimum atomic E-state index is 0. The minimum Gasteiger partial charge on any atom is -0.326 e. The summed E-state index contributed by atoms with van der Waals surface area (Å²) in [6.45, 7) is 5.90. The number of aromatic nitrogens is 1. The molecule has 0 aliphatic heterocycles. The number of carbonyl (C=O) groups is 1. The number of carbonyl (C=O) groups excluding carboxylic acids is 1. The molecule has 2 N–H and O–H groups in total. The highest BCUT2D eigenvalue weighted by Gasteiger charge is 1.95. The van der Waals surface area contributed by atoms with Crippen LogP contribution in [0.15, 0.2) is 10.9 Å². The molecule has 0 radical (unpaired) electrons. The van der Waals surface area contributed by atoms with Crippen LogP contribution in [-0.2, 0) is 0 Å². The van der Waals surface area contributed by atoms with Gasteiger partial charge in [0.15, 0.2) is 6.29 Å². The first kappa shape index (κ1) is 11.3. The van der Waals surface area contributed by atoms with Gasteiger partial charge in [-0.05, 0) is 20.8 Å². The van der Waals surface area contributed by atoms with Crippen molar-refractivity contribution in [1.82, 2.24) is 4.98 Å². The Morgan fingerprint density at radius 1 is 1.58 bits per heavy atom. The molecule has 0 unspecified atom stereocenters. The van der Waals surface area contributed by atoms with Crippen molar-refractivity contribution in [3.05, 3.63) is 16.6 Å². The highest BCUT2D eigenvalue weighted by molar-refractivity contribution is 7.07. The van der Waals surface area contributed by atoms with E-state index in [1.807, 2.05) is 20.8 Å². The van der Waals surface area contributed by atoms with E-state index in [0.29, 0.717) is 5.69 Å². The Labute approximate surface area is 76.6 Å². The fourth-order valence-electron chi connectivity index (χ4n) is 0.280. The zero-order chi connectivity index (χ0) is 9.61. The molecular weight excluding hydrogens is 172 g/mol. The Kier molecular flexibility index (Phi) is 4.70. The molecule has 0 aliphatic carbocycles. The number of hydrogen-bond donors (Lipinski definition) is 1. The van der Waals surface area contributed by atoms with E-state index in [1.165, 1.54) is 11.3 Å². The third-order valence-electron chi connectivity index (χ3n) is 0.572. The Bertz CT molecular complexity index is 207. The van der Waals surface area contributed by atoms with Gasteiger partial charge >= 0.3 is 0 Å². The van der Waals surface area contributed by atoms with Crippen LogP contribution < -0.4 is 5.73 Å². The van der Waals surface area contributed by atoms with Gasteiger partial charge in [0.05, 0.1) is 5.51 Å². The van der Waals surface area contributed by atoms with Crippen molar-refractivity contribution in [2.75, 3.05) is 0 Å². The lowest BCUT2D eigenvalue weighted by Crippen LogP contribution is -2.26. The van der Waals surface area contributed by atoms with Crippen LogP contribution in [0, 0.1) is 0 Å². The highest BCUT2D eigenvalue weighted by atomic mass is 32.1. The molecule has 0 atom stereocenters. The van der Waals surface area contributed by atoms with Gasteiger partial charge in [0.2, 0.25) is 0 Å². The van der Waals surface area contributed by atoms with E-state index in [0.717, 1.165) is 6.29 Å². The fourth-order valence-corrected chi connectivity index (χ4v) is 0.779. The van der Waals surface area contributed by atoms with Crippen LogP contribution in [0.25, 0.3) is 0 Å². The van der Waals surface area contributed by atoms with Crippen LogP contribution in [-0.4, -0.2) is 16.8 Å². The Balaban J connectivity index is 0.000000217. The van der Waals surface area contributed by atoms with Crippen LogP contribution in [0.1, 0.15) is 31.3 Å². The number of thiazole rings is 1. The number of nitrogens with zero attached hydrogens (tertiary/aromatic N) is 1. The molecule has 68 valence electrons. The molecule has 4 heteroatoms. The predicted molar refractivity (Wildman–Crippen MR) is 51.4 cm³/mol. The van der Waals surface area contributed by atoms with E-state index in [9.17, 15) is 4.79 Å². The van der Waals surface area contributed by atoms with E-state index in [1.54, 1.807) is 10.9 Å². The van der Waals surface area contributed by atoms with Crippen molar-refractivity contribution in [1.29, 1.82) is 0 Å². The summed E-state index contributed by atoms with van der Waals surface area (Å²) in [4.78, 5) is 13.5. The first-order valence-corrected chi connectivity index (χ1v) is 4.50. The van der Waals surface area contributed by atoms with E-state index in [4.69, 9.17) is 5.73 Å². The second-order valence-electron chi connectivity index (χ2n) is 3.40. The molecule has 0 saturated heterocycles. The lowest BCUT2D eigenvalue weighted by molar-refractivity contribution is 0.111. The molecular formula is C8H14N2OS. The molecule has 0 aliphatic rings. The van der Waals surface area contributed by atoms with E-state index in [-0.39, 0.29) is 5.54 Å². The van der Waals surface area contributed by atoms with Crippen LogP contribution >= 0.6 is 11.3 Å². The van der Waals surface area contributed by atoms with Crippen molar-refractivity contribution in [3.63, 3.8) is 0 Å². The largest absolute Gasteiger partial charge is 0.326 e. The van der Waals surface area contributed by atoms with Gasteiger partial charge in [-0.2, -0.15) is 0 Å². The van der Waals surface area contributed by atoms with Gasteiger partial charge in [-0.1, -0.05) is 0 Å². The van der Waals surface area contributed by atoms with Crippen molar-refractivity contribution in [2.45, 2.75) is 26.3 Å². The molecule has 0 spiro atoms. The first-order valence-electron chi connectivity index (χ1n) is 3.55. The first-order chi connectivity index (χ1) is 5.43. The predicted octanol–water partition coefficient (Wildman–Crippen LogP) is 1.70. The summed E-state index contributed by atoms with van der Waals surface area (Å²) in [6, 6.07) is 0. The maximum absolute atomic E-state index is 9.81. The van der Waals surface area contributed by atoms with Gasteiger partial charge in [0.1, 0.15) is 5.69 Å². The molecule has 1 rings (SSSR count). The molecule has 0 bridgehead atoms. The third-order valence-corrected chi connectivity index (χ3v) is 1.18. The maximum atomic E-state index is 9.81. The lowest BCUT2D eigenvalue weighted by atomic mass is 10.1. The highest BCUT2D eigenvalue weighted by Crippen LogP contribution is 1.95. The third kappa shape index (κ3) is 9.26. The van der Waals surface area contributed by atoms with E-state index >= 15 is 0 Å². The zero-order valence-corrected chi connectivity index (χ0v) is 8.39. The summed E-state index contributed by atoms with van der Waals surface area (Å²) >= 11 is 1.42. The van der Waals surface area contributed by atoms with E-state index in [2.05, 4.69) is 4.98 Å². The second-order valence-corrected chi connectivity index (χ2v) is 4.12. The number of nitrogens with two attached hydrogens (primary N) is 1. The average molecular weight is 186 g/mol. The van der Waals surface area contributed by atoms with Gasteiger partial charge in [0, 0.05) is 10.9 Å². The molecule has 1 aromatic rings.